The molecule has 0 aromatic heterocycles. The van der Waals surface area contributed by atoms with Crippen LogP contribution >= 0.6 is 0 Å². The van der Waals surface area contributed by atoms with Crippen LogP contribution in [0.1, 0.15) is 17.2 Å². The molecule has 0 fully saturated rings. The maximum atomic E-state index is 12.3. The van der Waals surface area contributed by atoms with Crippen LogP contribution in [-0.2, 0) is 11.0 Å². The van der Waals surface area contributed by atoms with E-state index in [1.54, 1.807) is 0 Å². The first kappa shape index (κ1) is 14.3. The number of aliphatic hydroxyl groups excluding tert-OH is 2. The predicted molar refractivity (Wildman–Crippen MR) is 53.3 cm³/mol. The summed E-state index contributed by atoms with van der Waals surface area (Å²) in [4.78, 5) is 10.6. The van der Waals surface area contributed by atoms with Gasteiger partial charge in [0.25, 0.3) is 0 Å². The molecule has 0 spiro atoms. The summed E-state index contributed by atoms with van der Waals surface area (Å²) in [7, 11) is 0. The summed E-state index contributed by atoms with van der Waals surface area (Å²) in [5, 5.41) is 27.9. The van der Waals surface area contributed by atoms with E-state index in [2.05, 4.69) is 0 Å². The van der Waals surface area contributed by atoms with Crippen LogP contribution < -0.4 is 5.73 Å². The molecular weight excluding hydrogens is 255 g/mol. The topological polar surface area (TPSA) is 104 Å². The SMILES string of the molecule is NC(=O)C(O)C(O)c1ccc(C(F)(F)F)cc1O. The Labute approximate surface area is 99.3 Å². The van der Waals surface area contributed by atoms with Crippen molar-refractivity contribution in [2.45, 2.75) is 18.4 Å². The van der Waals surface area contributed by atoms with E-state index >= 15 is 0 Å². The predicted octanol–water partition coefficient (Wildman–Crippen LogP) is 0.291. The number of benzene rings is 1. The highest BCUT2D eigenvalue weighted by atomic mass is 19.4. The van der Waals surface area contributed by atoms with Crippen molar-refractivity contribution in [1.29, 1.82) is 0 Å². The summed E-state index contributed by atoms with van der Waals surface area (Å²) >= 11 is 0. The number of nitrogens with two attached hydrogens (primary N) is 1. The maximum Gasteiger partial charge on any atom is 0.416 e. The number of halogens is 3. The molecule has 100 valence electrons. The third-order valence-corrected chi connectivity index (χ3v) is 2.27. The van der Waals surface area contributed by atoms with Crippen LogP contribution in [0, 0.1) is 0 Å². The lowest BCUT2D eigenvalue weighted by atomic mass is 10.0. The Bertz CT molecular complexity index is 461. The molecule has 1 amide bonds. The minimum atomic E-state index is -4.65. The highest BCUT2D eigenvalue weighted by Gasteiger charge is 2.32. The van der Waals surface area contributed by atoms with E-state index in [0.717, 1.165) is 6.07 Å². The first-order valence-electron chi connectivity index (χ1n) is 4.70. The molecule has 0 radical (unpaired) electrons. The Morgan fingerprint density at radius 3 is 2.22 bits per heavy atom. The number of alkyl halides is 3. The minimum absolute atomic E-state index is 0.381. The van der Waals surface area contributed by atoms with Crippen molar-refractivity contribution in [3.8, 4) is 5.75 Å². The second-order valence-corrected chi connectivity index (χ2v) is 3.56. The molecule has 0 bridgehead atoms. The number of rotatable bonds is 3. The molecule has 8 heteroatoms. The van der Waals surface area contributed by atoms with Crippen molar-refractivity contribution in [1.82, 2.24) is 0 Å². The lowest BCUT2D eigenvalue weighted by Crippen LogP contribution is -2.33. The second kappa shape index (κ2) is 4.83. The van der Waals surface area contributed by atoms with Gasteiger partial charge in [-0.3, -0.25) is 4.79 Å². The maximum absolute atomic E-state index is 12.3. The number of phenolic OH excluding ortho intramolecular Hbond substituents is 1. The molecule has 0 saturated heterocycles. The van der Waals surface area contributed by atoms with Gasteiger partial charge in [0.15, 0.2) is 6.10 Å². The monoisotopic (exact) mass is 265 g/mol. The smallest absolute Gasteiger partial charge is 0.416 e. The molecule has 1 aromatic rings. The lowest BCUT2D eigenvalue weighted by Gasteiger charge is -2.17. The van der Waals surface area contributed by atoms with Crippen LogP contribution in [0.25, 0.3) is 0 Å². The van der Waals surface area contributed by atoms with Crippen molar-refractivity contribution in [3.63, 3.8) is 0 Å². The normalized spacial score (nSPS) is 15.2. The molecule has 18 heavy (non-hydrogen) atoms. The lowest BCUT2D eigenvalue weighted by molar-refractivity contribution is -0.138. The molecular formula is C10H10F3NO4. The zero-order valence-electron chi connectivity index (χ0n) is 8.85. The third kappa shape index (κ3) is 2.90. The highest BCUT2D eigenvalue weighted by Crippen LogP contribution is 2.35. The Morgan fingerprint density at radius 2 is 1.83 bits per heavy atom. The summed E-state index contributed by atoms with van der Waals surface area (Å²) in [5.74, 6) is -2.15. The average molecular weight is 265 g/mol. The van der Waals surface area contributed by atoms with Crippen LogP contribution in [-0.4, -0.2) is 27.3 Å². The van der Waals surface area contributed by atoms with Crippen molar-refractivity contribution < 1.29 is 33.3 Å². The summed E-state index contributed by atoms with van der Waals surface area (Å²) in [6.07, 6.45) is -8.57. The number of carbonyl (C=O) groups is 1. The van der Waals surface area contributed by atoms with Gasteiger partial charge >= 0.3 is 6.18 Å². The number of hydrogen-bond acceptors (Lipinski definition) is 4. The molecule has 0 aliphatic carbocycles. The van der Waals surface area contributed by atoms with Crippen LogP contribution in [0.15, 0.2) is 18.2 Å². The summed E-state index contributed by atoms with van der Waals surface area (Å²) < 4.78 is 36.9. The van der Waals surface area contributed by atoms with Crippen molar-refractivity contribution >= 4 is 5.91 Å². The van der Waals surface area contributed by atoms with Gasteiger partial charge in [-0.1, -0.05) is 6.07 Å². The number of carbonyl (C=O) groups excluding carboxylic acids is 1. The molecule has 2 unspecified atom stereocenters. The van der Waals surface area contributed by atoms with Crippen LogP contribution in [0.4, 0.5) is 13.2 Å². The molecule has 1 aromatic carbocycles. The fraction of sp³-hybridized carbons (Fsp3) is 0.300. The first-order chi connectivity index (χ1) is 8.14. The Balaban J connectivity index is 3.10. The van der Waals surface area contributed by atoms with E-state index in [1.165, 1.54) is 0 Å². The third-order valence-electron chi connectivity index (χ3n) is 2.27. The van der Waals surface area contributed by atoms with Crippen LogP contribution in [0.2, 0.25) is 0 Å². The second-order valence-electron chi connectivity index (χ2n) is 3.56. The van der Waals surface area contributed by atoms with E-state index in [9.17, 15) is 28.2 Å². The zero-order chi connectivity index (χ0) is 14.1. The molecule has 0 saturated carbocycles. The van der Waals surface area contributed by atoms with E-state index in [4.69, 9.17) is 10.8 Å². The summed E-state index contributed by atoms with van der Waals surface area (Å²) in [6, 6.07) is 1.74. The standard InChI is InChI=1S/C10H10F3NO4/c11-10(12,13)4-1-2-5(6(15)3-4)7(16)8(17)9(14)18/h1-3,7-8,15-17H,(H2,14,18). The number of primary amides is 1. The Kier molecular flexibility index (Phi) is 3.82. The van der Waals surface area contributed by atoms with Crippen molar-refractivity contribution in [2.24, 2.45) is 5.73 Å². The van der Waals surface area contributed by atoms with Gasteiger partial charge in [0.1, 0.15) is 11.9 Å². The van der Waals surface area contributed by atoms with Crippen LogP contribution in [0.5, 0.6) is 5.75 Å². The first-order valence-corrected chi connectivity index (χ1v) is 4.70. The average Bonchev–Trinajstić information content (AvgIpc) is 2.25. The summed E-state index contributed by atoms with van der Waals surface area (Å²) in [5.41, 5.74) is 3.17. The molecule has 0 aliphatic heterocycles. The van der Waals surface area contributed by atoms with Gasteiger partial charge in [0.2, 0.25) is 5.91 Å². The van der Waals surface area contributed by atoms with E-state index in [-0.39, 0.29) is 0 Å². The van der Waals surface area contributed by atoms with Crippen LogP contribution in [0.3, 0.4) is 0 Å². The fourth-order valence-electron chi connectivity index (χ4n) is 1.30. The molecule has 0 heterocycles. The fourth-order valence-corrected chi connectivity index (χ4v) is 1.30. The van der Waals surface area contributed by atoms with Gasteiger partial charge in [-0.05, 0) is 12.1 Å². The van der Waals surface area contributed by atoms with E-state index < -0.39 is 41.2 Å². The molecule has 2 atom stereocenters. The highest BCUT2D eigenvalue weighted by molar-refractivity contribution is 5.79. The zero-order valence-corrected chi connectivity index (χ0v) is 8.85. The molecule has 5 nitrogen and oxygen atoms in total. The number of amides is 1. The van der Waals surface area contributed by atoms with Crippen molar-refractivity contribution in [2.75, 3.05) is 0 Å². The van der Waals surface area contributed by atoms with Gasteiger partial charge < -0.3 is 21.1 Å². The number of phenols is 1. The quantitative estimate of drug-likeness (QED) is 0.630. The Morgan fingerprint density at radius 1 is 1.28 bits per heavy atom. The van der Waals surface area contributed by atoms with Gasteiger partial charge in [-0.15, -0.1) is 0 Å². The number of hydrogen-bond donors (Lipinski definition) is 4. The number of aromatic hydroxyl groups is 1. The minimum Gasteiger partial charge on any atom is -0.508 e. The largest absolute Gasteiger partial charge is 0.508 e. The van der Waals surface area contributed by atoms with E-state index in [0.29, 0.717) is 12.1 Å². The van der Waals surface area contributed by atoms with Gasteiger partial charge in [0.05, 0.1) is 5.56 Å². The van der Waals surface area contributed by atoms with Gasteiger partial charge in [0, 0.05) is 5.56 Å². The molecule has 5 N–H and O–H groups in total. The van der Waals surface area contributed by atoms with Gasteiger partial charge in [-0.2, -0.15) is 13.2 Å². The van der Waals surface area contributed by atoms with Crippen molar-refractivity contribution in [3.05, 3.63) is 29.3 Å². The molecule has 0 aliphatic rings. The van der Waals surface area contributed by atoms with Gasteiger partial charge in [-0.25, -0.2) is 0 Å². The Hall–Kier alpha value is -1.80. The van der Waals surface area contributed by atoms with E-state index in [1.807, 2.05) is 0 Å². The summed E-state index contributed by atoms with van der Waals surface area (Å²) in [6.45, 7) is 0. The number of aliphatic hydroxyl groups is 2. The molecule has 1 rings (SSSR count).